The van der Waals surface area contributed by atoms with Gasteiger partial charge in [0.25, 0.3) is 0 Å². The van der Waals surface area contributed by atoms with E-state index < -0.39 is 0 Å². The molecule has 0 aliphatic carbocycles. The van der Waals surface area contributed by atoms with Crippen molar-refractivity contribution in [2.75, 3.05) is 19.0 Å². The summed E-state index contributed by atoms with van der Waals surface area (Å²) in [5, 5.41) is 10.5. The zero-order valence-corrected chi connectivity index (χ0v) is 11.5. The standard InChI is InChI=1S/C10H15FN2.C2H6O.CH2O/c1-6-4-8(7(2)12)9(11)5-10(6)13-3;1-2-3;1-2/h4-5,7,13H,12H2,1-3H3;3H,2H2,1H3;1H2. The number of anilines is 1. The predicted octanol–water partition coefficient (Wildman–Crippen LogP) is 2.01. The summed E-state index contributed by atoms with van der Waals surface area (Å²) in [6, 6.07) is 3.00. The van der Waals surface area contributed by atoms with E-state index in [1.165, 1.54) is 6.07 Å². The summed E-state index contributed by atoms with van der Waals surface area (Å²) < 4.78 is 13.3. The molecule has 0 aromatic heterocycles. The van der Waals surface area contributed by atoms with Crippen LogP contribution >= 0.6 is 0 Å². The molecule has 1 rings (SSSR count). The Balaban J connectivity index is 0. The number of hydrogen-bond donors (Lipinski definition) is 3. The number of aryl methyl sites for hydroxylation is 1. The largest absolute Gasteiger partial charge is 0.397 e. The van der Waals surface area contributed by atoms with Crippen LogP contribution in [0.1, 0.15) is 31.0 Å². The molecule has 0 aliphatic rings. The van der Waals surface area contributed by atoms with E-state index in [0.29, 0.717) is 5.56 Å². The van der Waals surface area contributed by atoms with Gasteiger partial charge in [-0.05, 0) is 38.5 Å². The average Bonchev–Trinajstić information content (AvgIpc) is 2.34. The Morgan fingerprint density at radius 2 is 1.94 bits per heavy atom. The minimum Gasteiger partial charge on any atom is -0.397 e. The molecule has 1 aromatic rings. The third-order valence-electron chi connectivity index (χ3n) is 2.10. The first-order chi connectivity index (χ1) is 8.47. The minimum atomic E-state index is -0.260. The van der Waals surface area contributed by atoms with E-state index in [-0.39, 0.29) is 18.5 Å². The molecule has 0 heterocycles. The number of nitrogens with two attached hydrogens (primary N) is 1. The van der Waals surface area contributed by atoms with Crippen LogP contribution in [0.2, 0.25) is 0 Å². The van der Waals surface area contributed by atoms with E-state index >= 15 is 0 Å². The van der Waals surface area contributed by atoms with Crippen LogP contribution in [0.4, 0.5) is 10.1 Å². The second kappa shape index (κ2) is 10.7. The van der Waals surface area contributed by atoms with Gasteiger partial charge in [0, 0.05) is 30.9 Å². The van der Waals surface area contributed by atoms with E-state index in [9.17, 15) is 4.39 Å². The van der Waals surface area contributed by atoms with Crippen molar-refractivity contribution in [3.8, 4) is 0 Å². The SMILES string of the molecule is C=O.CCO.CNc1cc(F)c(C(C)N)cc1C. The smallest absolute Gasteiger partial charge is 0.130 e. The lowest BCUT2D eigenvalue weighted by Gasteiger charge is -2.11. The van der Waals surface area contributed by atoms with Crippen LogP contribution in [0, 0.1) is 12.7 Å². The highest BCUT2D eigenvalue weighted by Crippen LogP contribution is 2.22. The van der Waals surface area contributed by atoms with Gasteiger partial charge < -0.3 is 21.0 Å². The van der Waals surface area contributed by atoms with Gasteiger partial charge in [0.2, 0.25) is 0 Å². The first-order valence-corrected chi connectivity index (χ1v) is 5.61. The van der Waals surface area contributed by atoms with Crippen LogP contribution < -0.4 is 11.1 Å². The quantitative estimate of drug-likeness (QED) is 0.758. The topological polar surface area (TPSA) is 75.3 Å². The number of rotatable bonds is 2. The highest BCUT2D eigenvalue weighted by molar-refractivity contribution is 5.52. The molecule has 1 atom stereocenters. The zero-order chi connectivity index (χ0) is 14.7. The van der Waals surface area contributed by atoms with Crippen molar-refractivity contribution < 1.29 is 14.3 Å². The van der Waals surface area contributed by atoms with Crippen LogP contribution in [0.25, 0.3) is 0 Å². The first-order valence-electron chi connectivity index (χ1n) is 5.61. The molecule has 0 fully saturated rings. The second-order valence-electron chi connectivity index (χ2n) is 3.54. The molecule has 0 amide bonds. The molecule has 104 valence electrons. The molecule has 4 nitrogen and oxygen atoms in total. The summed E-state index contributed by atoms with van der Waals surface area (Å²) in [6.45, 7) is 7.63. The molecular formula is C13H23FN2O2. The molecule has 4 N–H and O–H groups in total. The van der Waals surface area contributed by atoms with Gasteiger partial charge in [-0.15, -0.1) is 0 Å². The van der Waals surface area contributed by atoms with Gasteiger partial charge in [-0.25, -0.2) is 4.39 Å². The number of halogens is 1. The maximum Gasteiger partial charge on any atom is 0.130 e. The molecule has 0 spiro atoms. The number of benzene rings is 1. The van der Waals surface area contributed by atoms with Crippen LogP contribution in [-0.4, -0.2) is 25.6 Å². The van der Waals surface area contributed by atoms with Crippen molar-refractivity contribution >= 4 is 12.5 Å². The number of aliphatic hydroxyl groups excluding tert-OH is 1. The van der Waals surface area contributed by atoms with Crippen molar-refractivity contribution in [3.05, 3.63) is 29.1 Å². The Morgan fingerprint density at radius 1 is 1.50 bits per heavy atom. The van der Waals surface area contributed by atoms with Crippen LogP contribution in [0.15, 0.2) is 12.1 Å². The summed E-state index contributed by atoms with van der Waals surface area (Å²) in [5.74, 6) is -0.245. The monoisotopic (exact) mass is 258 g/mol. The molecule has 0 saturated carbocycles. The molecule has 0 radical (unpaired) electrons. The molecule has 18 heavy (non-hydrogen) atoms. The van der Waals surface area contributed by atoms with Crippen LogP contribution in [0.3, 0.4) is 0 Å². The number of nitrogens with one attached hydrogen (secondary N) is 1. The second-order valence-corrected chi connectivity index (χ2v) is 3.54. The molecule has 1 aromatic carbocycles. The molecule has 5 heteroatoms. The Hall–Kier alpha value is -1.46. The lowest BCUT2D eigenvalue weighted by molar-refractivity contribution is -0.0979. The van der Waals surface area contributed by atoms with E-state index in [1.807, 2.05) is 13.7 Å². The van der Waals surface area contributed by atoms with E-state index in [0.717, 1.165) is 11.3 Å². The fraction of sp³-hybridized carbons (Fsp3) is 0.462. The third-order valence-corrected chi connectivity index (χ3v) is 2.10. The maximum atomic E-state index is 13.3. The van der Waals surface area contributed by atoms with E-state index in [1.54, 1.807) is 27.0 Å². The maximum absolute atomic E-state index is 13.3. The third kappa shape index (κ3) is 6.32. The number of carbonyl (C=O) groups excluding carboxylic acids is 1. The Bertz CT molecular complexity index is 344. The lowest BCUT2D eigenvalue weighted by Crippen LogP contribution is -2.08. The van der Waals surface area contributed by atoms with E-state index in [4.69, 9.17) is 15.6 Å². The highest BCUT2D eigenvalue weighted by atomic mass is 19.1. The van der Waals surface area contributed by atoms with Gasteiger partial charge in [-0.1, -0.05) is 0 Å². The van der Waals surface area contributed by atoms with Crippen molar-refractivity contribution in [3.63, 3.8) is 0 Å². The van der Waals surface area contributed by atoms with Crippen molar-refractivity contribution in [2.24, 2.45) is 5.73 Å². The summed E-state index contributed by atoms with van der Waals surface area (Å²) in [4.78, 5) is 8.00. The van der Waals surface area contributed by atoms with Gasteiger partial charge in [-0.2, -0.15) is 0 Å². The fourth-order valence-corrected chi connectivity index (χ4v) is 1.32. The molecule has 0 bridgehead atoms. The van der Waals surface area contributed by atoms with Gasteiger partial charge in [0.1, 0.15) is 12.6 Å². The Labute approximate surface area is 108 Å². The van der Waals surface area contributed by atoms with Gasteiger partial charge in [0.15, 0.2) is 0 Å². The van der Waals surface area contributed by atoms with Gasteiger partial charge >= 0.3 is 0 Å². The van der Waals surface area contributed by atoms with Crippen molar-refractivity contribution in [1.29, 1.82) is 0 Å². The van der Waals surface area contributed by atoms with Crippen molar-refractivity contribution in [2.45, 2.75) is 26.8 Å². The predicted molar refractivity (Wildman–Crippen MR) is 73.2 cm³/mol. The summed E-state index contributed by atoms with van der Waals surface area (Å²) in [6.07, 6.45) is 0. The number of hydrogen-bond acceptors (Lipinski definition) is 4. The van der Waals surface area contributed by atoms with Gasteiger partial charge in [-0.3, -0.25) is 0 Å². The van der Waals surface area contributed by atoms with Gasteiger partial charge in [0.05, 0.1) is 0 Å². The summed E-state index contributed by atoms with van der Waals surface area (Å²) >= 11 is 0. The Morgan fingerprint density at radius 3 is 2.28 bits per heavy atom. The van der Waals surface area contributed by atoms with E-state index in [2.05, 4.69) is 5.32 Å². The normalized spacial score (nSPS) is 10.4. The lowest BCUT2D eigenvalue weighted by atomic mass is 10.0. The van der Waals surface area contributed by atoms with Crippen molar-refractivity contribution in [1.82, 2.24) is 0 Å². The average molecular weight is 258 g/mol. The number of carbonyl (C=O) groups is 1. The molecule has 1 unspecified atom stereocenters. The minimum absolute atomic E-state index is 0.245. The fourth-order valence-electron chi connectivity index (χ4n) is 1.32. The molecule has 0 saturated heterocycles. The highest BCUT2D eigenvalue weighted by Gasteiger charge is 2.09. The summed E-state index contributed by atoms with van der Waals surface area (Å²) in [7, 11) is 1.77. The first kappa shape index (κ1) is 18.9. The zero-order valence-electron chi connectivity index (χ0n) is 11.5. The van der Waals surface area contributed by atoms with Crippen LogP contribution in [0.5, 0.6) is 0 Å². The number of aliphatic hydroxyl groups is 1. The molecule has 0 aliphatic heterocycles. The van der Waals surface area contributed by atoms with Crippen LogP contribution in [-0.2, 0) is 4.79 Å². The molecular weight excluding hydrogens is 235 g/mol. The summed E-state index contributed by atoms with van der Waals surface area (Å²) in [5.41, 5.74) is 8.00. The Kier molecular flexibility index (Phi) is 11.2.